The summed E-state index contributed by atoms with van der Waals surface area (Å²) in [5.74, 6) is -3.74. The molecule has 2 N–H and O–H groups in total. The molecule has 2 fully saturated rings. The molecule has 6 nitrogen and oxygen atoms in total. The van der Waals surface area contributed by atoms with Crippen molar-refractivity contribution in [2.75, 3.05) is 7.11 Å². The molecule has 2 aromatic rings. The summed E-state index contributed by atoms with van der Waals surface area (Å²) in [7, 11) is 1.27. The number of esters is 2. The lowest BCUT2D eigenvalue weighted by atomic mass is 9.68. The van der Waals surface area contributed by atoms with Gasteiger partial charge in [0.05, 0.1) is 23.1 Å². The van der Waals surface area contributed by atoms with Gasteiger partial charge >= 0.3 is 11.9 Å². The van der Waals surface area contributed by atoms with Crippen LogP contribution in [0.2, 0.25) is 10.0 Å². The first-order chi connectivity index (χ1) is 16.7. The second-order valence-electron chi connectivity index (χ2n) is 10.5. The van der Waals surface area contributed by atoms with Crippen LogP contribution in [0.15, 0.2) is 36.4 Å². The van der Waals surface area contributed by atoms with Gasteiger partial charge in [-0.05, 0) is 57.9 Å². The highest BCUT2D eigenvalue weighted by atomic mass is 35.5. The molecule has 2 aliphatic heterocycles. The van der Waals surface area contributed by atoms with Crippen LogP contribution in [-0.2, 0) is 24.6 Å². The van der Waals surface area contributed by atoms with Gasteiger partial charge in [-0.15, -0.1) is 0 Å². The minimum absolute atomic E-state index is 0.0277. The molecule has 194 valence electrons. The Balaban J connectivity index is 2.06. The molecular formula is C26H28Cl2F2N2O4. The zero-order chi connectivity index (χ0) is 26.8. The summed E-state index contributed by atoms with van der Waals surface area (Å²) in [6.07, 6.45) is 0.0491. The molecule has 2 aliphatic rings. The summed E-state index contributed by atoms with van der Waals surface area (Å²) in [6, 6.07) is 6.49. The van der Waals surface area contributed by atoms with Gasteiger partial charge in [0, 0.05) is 22.5 Å². The van der Waals surface area contributed by atoms with E-state index in [1.807, 2.05) is 0 Å². The average Bonchev–Trinajstić information content (AvgIpc) is 3.17. The number of cyclic esters (lactones) is 1. The van der Waals surface area contributed by atoms with Crippen molar-refractivity contribution in [3.8, 4) is 0 Å². The Hall–Kier alpha value is -2.26. The minimum Gasteiger partial charge on any atom is -0.469 e. The minimum atomic E-state index is -1.70. The van der Waals surface area contributed by atoms with Gasteiger partial charge in [0.25, 0.3) is 0 Å². The van der Waals surface area contributed by atoms with Crippen molar-refractivity contribution in [3.63, 3.8) is 0 Å². The van der Waals surface area contributed by atoms with Gasteiger partial charge in [0.1, 0.15) is 17.7 Å². The van der Waals surface area contributed by atoms with E-state index in [-0.39, 0.29) is 27.6 Å². The van der Waals surface area contributed by atoms with Crippen molar-refractivity contribution in [2.45, 2.75) is 63.4 Å². The number of ether oxygens (including phenoxy) is 2. The molecule has 0 saturated carbocycles. The number of nitrogens with two attached hydrogens (primary N) is 1. The predicted octanol–water partition coefficient (Wildman–Crippen LogP) is 5.14. The Labute approximate surface area is 218 Å². The number of nitrogens with zero attached hydrogens (tertiary/aromatic N) is 1. The predicted molar refractivity (Wildman–Crippen MR) is 131 cm³/mol. The van der Waals surface area contributed by atoms with Crippen molar-refractivity contribution in [1.29, 1.82) is 0 Å². The molecule has 4 atom stereocenters. The monoisotopic (exact) mass is 540 g/mol. The maximum atomic E-state index is 15.6. The number of rotatable bonds is 5. The van der Waals surface area contributed by atoms with E-state index in [1.165, 1.54) is 31.4 Å². The molecule has 10 heteroatoms. The number of carbonyl (C=O) groups excluding carboxylic acids is 2. The number of hydrogen-bond acceptors (Lipinski definition) is 6. The highest BCUT2D eigenvalue weighted by Gasteiger charge is 2.69. The lowest BCUT2D eigenvalue weighted by Crippen LogP contribution is -2.57. The van der Waals surface area contributed by atoms with E-state index >= 15 is 8.78 Å². The smallest absolute Gasteiger partial charge is 0.325 e. The molecule has 0 aliphatic carbocycles. The molecule has 36 heavy (non-hydrogen) atoms. The third-order valence-corrected chi connectivity index (χ3v) is 7.91. The fourth-order valence-electron chi connectivity index (χ4n) is 5.86. The normalized spacial score (nSPS) is 27.6. The Morgan fingerprint density at radius 1 is 1.22 bits per heavy atom. The summed E-state index contributed by atoms with van der Waals surface area (Å²) >= 11 is 12.2. The second-order valence-corrected chi connectivity index (χ2v) is 11.3. The summed E-state index contributed by atoms with van der Waals surface area (Å²) in [5, 5.41) is -0.0167. The van der Waals surface area contributed by atoms with Crippen molar-refractivity contribution >= 4 is 35.1 Å². The lowest BCUT2D eigenvalue weighted by Gasteiger charge is -2.44. The van der Waals surface area contributed by atoms with Gasteiger partial charge in [-0.1, -0.05) is 41.4 Å². The van der Waals surface area contributed by atoms with E-state index in [2.05, 4.69) is 0 Å². The van der Waals surface area contributed by atoms with Crippen molar-refractivity contribution in [2.24, 2.45) is 11.1 Å². The van der Waals surface area contributed by atoms with Crippen LogP contribution in [0, 0.1) is 17.0 Å². The van der Waals surface area contributed by atoms with Crippen LogP contribution in [0.5, 0.6) is 0 Å². The molecule has 0 bridgehead atoms. The Morgan fingerprint density at radius 2 is 1.89 bits per heavy atom. The van der Waals surface area contributed by atoms with Gasteiger partial charge in [-0.3, -0.25) is 9.59 Å². The van der Waals surface area contributed by atoms with Crippen LogP contribution in [0.4, 0.5) is 8.78 Å². The van der Waals surface area contributed by atoms with Gasteiger partial charge in [0.15, 0.2) is 5.72 Å². The van der Waals surface area contributed by atoms with Crippen LogP contribution >= 0.6 is 23.2 Å². The highest BCUT2D eigenvalue weighted by Crippen LogP contribution is 2.58. The molecule has 2 heterocycles. The molecule has 0 spiro atoms. The number of halogens is 4. The summed E-state index contributed by atoms with van der Waals surface area (Å²) in [4.78, 5) is 27.8. The summed E-state index contributed by atoms with van der Waals surface area (Å²) in [5.41, 5.74) is 3.29. The second kappa shape index (κ2) is 8.94. The van der Waals surface area contributed by atoms with Crippen molar-refractivity contribution in [1.82, 2.24) is 4.90 Å². The Bertz CT molecular complexity index is 1240. The van der Waals surface area contributed by atoms with E-state index in [0.717, 1.165) is 6.07 Å². The van der Waals surface area contributed by atoms with Gasteiger partial charge in [-0.25, -0.2) is 13.7 Å². The number of hydrogen-bond donors (Lipinski definition) is 1. The van der Waals surface area contributed by atoms with E-state index in [0.29, 0.717) is 0 Å². The van der Waals surface area contributed by atoms with Gasteiger partial charge in [0.2, 0.25) is 0 Å². The molecule has 0 amide bonds. The molecular weight excluding hydrogens is 513 g/mol. The number of carbonyl (C=O) groups is 2. The summed E-state index contributed by atoms with van der Waals surface area (Å²) < 4.78 is 41.9. The van der Waals surface area contributed by atoms with Crippen LogP contribution in [0.3, 0.4) is 0 Å². The molecule has 0 unspecified atom stereocenters. The number of benzene rings is 2. The Morgan fingerprint density at radius 3 is 2.50 bits per heavy atom. The molecule has 0 radical (unpaired) electrons. The van der Waals surface area contributed by atoms with Gasteiger partial charge < -0.3 is 15.2 Å². The fourth-order valence-corrected chi connectivity index (χ4v) is 6.20. The van der Waals surface area contributed by atoms with Crippen LogP contribution < -0.4 is 5.73 Å². The molecule has 2 saturated heterocycles. The van der Waals surface area contributed by atoms with E-state index in [1.54, 1.807) is 38.7 Å². The van der Waals surface area contributed by atoms with E-state index < -0.39 is 58.3 Å². The largest absolute Gasteiger partial charge is 0.469 e. The first-order valence-corrected chi connectivity index (χ1v) is 12.2. The number of fused-ring (bicyclic) bond motifs is 1. The van der Waals surface area contributed by atoms with Gasteiger partial charge in [-0.2, -0.15) is 0 Å². The molecule has 4 rings (SSSR count). The van der Waals surface area contributed by atoms with Crippen LogP contribution in [0.1, 0.15) is 51.2 Å². The lowest BCUT2D eigenvalue weighted by molar-refractivity contribution is -0.157. The topological polar surface area (TPSA) is 81.9 Å². The van der Waals surface area contributed by atoms with E-state index in [9.17, 15) is 9.59 Å². The highest BCUT2D eigenvalue weighted by molar-refractivity contribution is 6.31. The average molecular weight is 541 g/mol. The SMILES string of the molecule is COC(=O)C(C)(C)C[C@@H]1N2[C@@H](C(=O)OC2(C)C)[C@H](c2cccc(Cl)c2F)[C@@]1(N)c1ccc(Cl)cc1F. The van der Waals surface area contributed by atoms with Crippen molar-refractivity contribution < 1.29 is 27.8 Å². The number of methoxy groups -OCH3 is 1. The third kappa shape index (κ3) is 3.99. The van der Waals surface area contributed by atoms with Crippen LogP contribution in [-0.4, -0.2) is 41.8 Å². The fraction of sp³-hybridized carbons (Fsp3) is 0.462. The maximum absolute atomic E-state index is 15.6. The zero-order valence-electron chi connectivity index (χ0n) is 20.6. The quantitative estimate of drug-likeness (QED) is 0.528. The standard InChI is InChI=1S/C26H28Cl2F2N2O4/c1-24(2,23(34)35-5)12-18-26(31,15-10-9-13(27)11-17(15)29)19(14-7-6-8-16(28)20(14)30)21-22(33)36-25(3,4)32(18)21/h6-11,18-19,21H,12,31H2,1-5H3/t18-,19-,21+,26+/m0/s1. The molecule has 0 aromatic heterocycles. The van der Waals surface area contributed by atoms with Crippen LogP contribution in [0.25, 0.3) is 0 Å². The van der Waals surface area contributed by atoms with Crippen molar-refractivity contribution in [3.05, 3.63) is 69.2 Å². The zero-order valence-corrected chi connectivity index (χ0v) is 22.1. The maximum Gasteiger partial charge on any atom is 0.325 e. The Kier molecular flexibility index (Phi) is 6.65. The summed E-state index contributed by atoms with van der Waals surface area (Å²) in [6.45, 7) is 6.70. The first kappa shape index (κ1) is 26.8. The van der Waals surface area contributed by atoms with E-state index in [4.69, 9.17) is 38.4 Å². The molecule has 2 aromatic carbocycles. The first-order valence-electron chi connectivity index (χ1n) is 11.4. The third-order valence-electron chi connectivity index (χ3n) is 7.39.